The van der Waals surface area contributed by atoms with E-state index in [1.165, 1.54) is 32.2 Å². The zero-order valence-corrected chi connectivity index (χ0v) is 9.58. The summed E-state index contributed by atoms with van der Waals surface area (Å²) in [5.41, 5.74) is 5.78. The Kier molecular flexibility index (Phi) is 3.13. The standard InChI is InChI=1S/C12H24N2/c1-9-3-4-11(7-13)8-14(9)10(2)12-5-6-12/h9-12H,3-8,13H2,1-2H3. The molecule has 0 aromatic heterocycles. The molecule has 2 rings (SSSR count). The number of nitrogens with two attached hydrogens (primary N) is 1. The van der Waals surface area contributed by atoms with Crippen molar-refractivity contribution in [2.75, 3.05) is 13.1 Å². The van der Waals surface area contributed by atoms with Gasteiger partial charge in [-0.2, -0.15) is 0 Å². The molecule has 1 aliphatic heterocycles. The number of rotatable bonds is 3. The van der Waals surface area contributed by atoms with Crippen molar-refractivity contribution in [2.24, 2.45) is 17.6 Å². The van der Waals surface area contributed by atoms with Gasteiger partial charge in [-0.15, -0.1) is 0 Å². The van der Waals surface area contributed by atoms with E-state index in [2.05, 4.69) is 18.7 Å². The lowest BCUT2D eigenvalue weighted by Gasteiger charge is -2.41. The average molecular weight is 196 g/mol. The van der Waals surface area contributed by atoms with Crippen molar-refractivity contribution in [3.63, 3.8) is 0 Å². The van der Waals surface area contributed by atoms with E-state index in [1.54, 1.807) is 0 Å². The van der Waals surface area contributed by atoms with E-state index in [-0.39, 0.29) is 0 Å². The van der Waals surface area contributed by atoms with Crippen LogP contribution in [0.25, 0.3) is 0 Å². The molecule has 2 heteroatoms. The lowest BCUT2D eigenvalue weighted by Crippen LogP contribution is -2.48. The summed E-state index contributed by atoms with van der Waals surface area (Å²) < 4.78 is 0. The van der Waals surface area contributed by atoms with E-state index in [4.69, 9.17) is 5.73 Å². The molecule has 2 fully saturated rings. The zero-order valence-electron chi connectivity index (χ0n) is 9.58. The minimum absolute atomic E-state index is 0.757. The zero-order chi connectivity index (χ0) is 10.1. The molecule has 0 aromatic carbocycles. The predicted octanol–water partition coefficient (Wildman–Crippen LogP) is 1.84. The van der Waals surface area contributed by atoms with Crippen molar-refractivity contribution in [3.05, 3.63) is 0 Å². The molecule has 0 aromatic rings. The van der Waals surface area contributed by atoms with Gasteiger partial charge in [0.25, 0.3) is 0 Å². The predicted molar refractivity (Wildman–Crippen MR) is 60.1 cm³/mol. The molecule has 1 saturated heterocycles. The highest BCUT2D eigenvalue weighted by molar-refractivity contribution is 4.90. The van der Waals surface area contributed by atoms with E-state index < -0.39 is 0 Å². The van der Waals surface area contributed by atoms with Gasteiger partial charge in [0.1, 0.15) is 0 Å². The summed E-state index contributed by atoms with van der Waals surface area (Å²) >= 11 is 0. The van der Waals surface area contributed by atoms with Crippen LogP contribution >= 0.6 is 0 Å². The molecule has 1 heterocycles. The second-order valence-electron chi connectivity index (χ2n) is 5.30. The van der Waals surface area contributed by atoms with E-state index in [0.29, 0.717) is 0 Å². The van der Waals surface area contributed by atoms with Crippen molar-refractivity contribution in [2.45, 2.75) is 51.6 Å². The fourth-order valence-corrected chi connectivity index (χ4v) is 2.82. The topological polar surface area (TPSA) is 29.3 Å². The molecule has 1 aliphatic carbocycles. The Morgan fingerprint density at radius 2 is 2.00 bits per heavy atom. The maximum absolute atomic E-state index is 5.78. The lowest BCUT2D eigenvalue weighted by molar-refractivity contribution is 0.0717. The molecular formula is C12H24N2. The van der Waals surface area contributed by atoms with Crippen molar-refractivity contribution in [3.8, 4) is 0 Å². The highest BCUT2D eigenvalue weighted by Gasteiger charge is 2.36. The Bertz CT molecular complexity index is 189. The first-order chi connectivity index (χ1) is 6.72. The molecule has 0 amide bonds. The van der Waals surface area contributed by atoms with Crippen LogP contribution in [0.5, 0.6) is 0 Å². The van der Waals surface area contributed by atoms with Crippen molar-refractivity contribution < 1.29 is 0 Å². The Hall–Kier alpha value is -0.0800. The molecule has 2 nitrogen and oxygen atoms in total. The second kappa shape index (κ2) is 4.19. The fraction of sp³-hybridized carbons (Fsp3) is 1.00. The maximum atomic E-state index is 5.78. The van der Waals surface area contributed by atoms with Gasteiger partial charge in [0.05, 0.1) is 0 Å². The average Bonchev–Trinajstić information content (AvgIpc) is 3.01. The number of nitrogens with zero attached hydrogens (tertiary/aromatic N) is 1. The van der Waals surface area contributed by atoms with Gasteiger partial charge in [-0.25, -0.2) is 0 Å². The first kappa shape index (κ1) is 10.4. The molecular weight excluding hydrogens is 172 g/mol. The number of piperidine rings is 1. The lowest BCUT2D eigenvalue weighted by atomic mass is 9.91. The van der Waals surface area contributed by atoms with Crippen LogP contribution in [0.15, 0.2) is 0 Å². The van der Waals surface area contributed by atoms with Crippen LogP contribution in [0.1, 0.15) is 39.5 Å². The van der Waals surface area contributed by atoms with Gasteiger partial charge < -0.3 is 5.73 Å². The van der Waals surface area contributed by atoms with Crippen LogP contribution in [0, 0.1) is 11.8 Å². The summed E-state index contributed by atoms with van der Waals surface area (Å²) in [5.74, 6) is 1.75. The summed E-state index contributed by atoms with van der Waals surface area (Å²) in [4.78, 5) is 2.71. The summed E-state index contributed by atoms with van der Waals surface area (Å²) in [6, 6.07) is 1.59. The Balaban J connectivity index is 1.92. The highest BCUT2D eigenvalue weighted by atomic mass is 15.2. The SMILES string of the molecule is CC1CCC(CN)CN1C(C)C1CC1. The van der Waals surface area contributed by atoms with Gasteiger partial charge in [-0.3, -0.25) is 4.90 Å². The van der Waals surface area contributed by atoms with Gasteiger partial charge in [-0.1, -0.05) is 0 Å². The Morgan fingerprint density at radius 1 is 1.29 bits per heavy atom. The van der Waals surface area contributed by atoms with E-state index in [9.17, 15) is 0 Å². The number of likely N-dealkylation sites (tertiary alicyclic amines) is 1. The molecule has 0 bridgehead atoms. The van der Waals surface area contributed by atoms with Gasteiger partial charge in [0.15, 0.2) is 0 Å². The van der Waals surface area contributed by atoms with Crippen LogP contribution < -0.4 is 5.73 Å². The molecule has 2 N–H and O–H groups in total. The minimum atomic E-state index is 0.757. The Labute approximate surface area is 87.8 Å². The van der Waals surface area contributed by atoms with Gasteiger partial charge in [-0.05, 0) is 57.9 Å². The van der Waals surface area contributed by atoms with Crippen LogP contribution in [0.2, 0.25) is 0 Å². The molecule has 0 spiro atoms. The van der Waals surface area contributed by atoms with Gasteiger partial charge in [0, 0.05) is 18.6 Å². The van der Waals surface area contributed by atoms with Gasteiger partial charge >= 0.3 is 0 Å². The first-order valence-electron chi connectivity index (χ1n) is 6.18. The summed E-state index contributed by atoms with van der Waals surface area (Å²) in [6.45, 7) is 6.91. The largest absolute Gasteiger partial charge is 0.330 e. The molecule has 0 radical (unpaired) electrons. The fourth-order valence-electron chi connectivity index (χ4n) is 2.82. The van der Waals surface area contributed by atoms with Crippen LogP contribution in [-0.2, 0) is 0 Å². The van der Waals surface area contributed by atoms with Gasteiger partial charge in [0.2, 0.25) is 0 Å². The molecule has 2 aliphatic rings. The molecule has 3 atom stereocenters. The van der Waals surface area contributed by atoms with Crippen LogP contribution in [-0.4, -0.2) is 30.1 Å². The third-order valence-corrected chi connectivity index (χ3v) is 4.19. The second-order valence-corrected chi connectivity index (χ2v) is 5.30. The molecule has 82 valence electrons. The molecule has 14 heavy (non-hydrogen) atoms. The van der Waals surface area contributed by atoms with Crippen molar-refractivity contribution in [1.29, 1.82) is 0 Å². The number of hydrogen-bond donors (Lipinski definition) is 1. The number of hydrogen-bond acceptors (Lipinski definition) is 2. The van der Waals surface area contributed by atoms with Crippen LogP contribution in [0.3, 0.4) is 0 Å². The highest BCUT2D eigenvalue weighted by Crippen LogP contribution is 2.37. The summed E-state index contributed by atoms with van der Waals surface area (Å²) in [6.07, 6.45) is 5.60. The smallest absolute Gasteiger partial charge is 0.00981 e. The van der Waals surface area contributed by atoms with E-state index in [0.717, 1.165) is 30.5 Å². The van der Waals surface area contributed by atoms with Crippen molar-refractivity contribution >= 4 is 0 Å². The monoisotopic (exact) mass is 196 g/mol. The maximum Gasteiger partial charge on any atom is 0.00981 e. The van der Waals surface area contributed by atoms with E-state index in [1.807, 2.05) is 0 Å². The normalized spacial score (nSPS) is 37.1. The summed E-state index contributed by atoms with van der Waals surface area (Å²) in [5, 5.41) is 0. The quantitative estimate of drug-likeness (QED) is 0.746. The third-order valence-electron chi connectivity index (χ3n) is 4.19. The summed E-state index contributed by atoms with van der Waals surface area (Å²) in [7, 11) is 0. The minimum Gasteiger partial charge on any atom is -0.330 e. The van der Waals surface area contributed by atoms with Crippen molar-refractivity contribution in [1.82, 2.24) is 4.90 Å². The Morgan fingerprint density at radius 3 is 2.57 bits per heavy atom. The molecule has 1 saturated carbocycles. The third kappa shape index (κ3) is 2.12. The molecule has 3 unspecified atom stereocenters. The van der Waals surface area contributed by atoms with E-state index >= 15 is 0 Å². The van der Waals surface area contributed by atoms with Crippen LogP contribution in [0.4, 0.5) is 0 Å². The first-order valence-corrected chi connectivity index (χ1v) is 6.18.